The Morgan fingerprint density at radius 1 is 1.21 bits per heavy atom. The van der Waals surface area contributed by atoms with Crippen LogP contribution in [0, 0.1) is 6.92 Å². The maximum Gasteiger partial charge on any atom is 0.131 e. The highest BCUT2D eigenvalue weighted by atomic mass is 32.2. The van der Waals surface area contributed by atoms with Crippen molar-refractivity contribution in [1.29, 1.82) is 0 Å². The topological polar surface area (TPSA) is 54.5 Å². The summed E-state index contributed by atoms with van der Waals surface area (Å²) < 4.78 is 17.8. The van der Waals surface area contributed by atoms with Gasteiger partial charge in [0, 0.05) is 54.5 Å². The molecule has 1 N–H and O–H groups in total. The Labute approximate surface area is 168 Å². The van der Waals surface area contributed by atoms with Gasteiger partial charge in [-0.1, -0.05) is 29.8 Å². The molecule has 1 aliphatic rings. The number of ether oxygens (including phenoxy) is 1. The molecule has 146 valence electrons. The van der Waals surface area contributed by atoms with Gasteiger partial charge in [-0.2, -0.15) is 0 Å². The van der Waals surface area contributed by atoms with Crippen LogP contribution in [-0.4, -0.2) is 41.8 Å². The average molecular weight is 396 g/mol. The lowest BCUT2D eigenvalue weighted by Crippen LogP contribution is -2.26. The van der Waals surface area contributed by atoms with E-state index in [4.69, 9.17) is 9.72 Å². The Bertz CT molecular complexity index is 1020. The van der Waals surface area contributed by atoms with E-state index in [2.05, 4.69) is 47.5 Å². The number of benzene rings is 2. The monoisotopic (exact) mass is 395 g/mol. The molecule has 1 aromatic heterocycles. The quantitative estimate of drug-likeness (QED) is 0.667. The van der Waals surface area contributed by atoms with E-state index in [1.807, 2.05) is 18.2 Å². The molecule has 0 aliphatic carbocycles. The molecule has 0 fully saturated rings. The Hall–Kier alpha value is -2.44. The van der Waals surface area contributed by atoms with Crippen molar-refractivity contribution < 1.29 is 8.95 Å². The summed E-state index contributed by atoms with van der Waals surface area (Å²) in [7, 11) is 0.735. The first-order chi connectivity index (χ1) is 13.7. The fourth-order valence-corrected chi connectivity index (χ4v) is 4.82. The van der Waals surface area contributed by atoms with Crippen molar-refractivity contribution in [2.24, 2.45) is 0 Å². The summed E-state index contributed by atoms with van der Waals surface area (Å²) in [5, 5.41) is 4.60. The van der Waals surface area contributed by atoms with Crippen molar-refractivity contribution in [2.75, 3.05) is 42.8 Å². The molecule has 0 saturated heterocycles. The number of anilines is 2. The highest BCUT2D eigenvalue weighted by Gasteiger charge is 2.21. The minimum atomic E-state index is -0.970. The number of aromatic nitrogens is 1. The van der Waals surface area contributed by atoms with Crippen LogP contribution in [0.5, 0.6) is 0 Å². The summed E-state index contributed by atoms with van der Waals surface area (Å²) in [6, 6.07) is 16.4. The van der Waals surface area contributed by atoms with Gasteiger partial charge in [0.1, 0.15) is 5.82 Å². The van der Waals surface area contributed by atoms with Crippen LogP contribution >= 0.6 is 0 Å². The Balaban J connectivity index is 1.74. The summed E-state index contributed by atoms with van der Waals surface area (Å²) in [5.41, 5.74) is 4.33. The maximum absolute atomic E-state index is 12.6. The van der Waals surface area contributed by atoms with E-state index >= 15 is 0 Å². The van der Waals surface area contributed by atoms with Crippen LogP contribution in [0.2, 0.25) is 0 Å². The van der Waals surface area contributed by atoms with E-state index in [1.54, 1.807) is 7.11 Å². The normalized spacial score (nSPS) is 16.6. The van der Waals surface area contributed by atoms with E-state index in [0.29, 0.717) is 25.4 Å². The SMILES string of the molecule is COCCNc1cc(N2CCS(=O)c3ccccc3C2)nc2ccc(C)cc12. The molecule has 0 amide bonds. The van der Waals surface area contributed by atoms with Crippen molar-refractivity contribution in [3.8, 4) is 0 Å². The number of aryl methyl sites for hydroxylation is 1. The molecule has 5 nitrogen and oxygen atoms in total. The van der Waals surface area contributed by atoms with Crippen molar-refractivity contribution in [3.05, 3.63) is 59.7 Å². The van der Waals surface area contributed by atoms with Gasteiger partial charge in [0.2, 0.25) is 0 Å². The first kappa shape index (κ1) is 18.9. The zero-order valence-corrected chi connectivity index (χ0v) is 17.1. The number of nitrogens with one attached hydrogen (secondary N) is 1. The lowest BCUT2D eigenvalue weighted by Gasteiger charge is -2.23. The lowest BCUT2D eigenvalue weighted by atomic mass is 10.1. The molecule has 0 radical (unpaired) electrons. The van der Waals surface area contributed by atoms with Crippen LogP contribution in [-0.2, 0) is 22.1 Å². The van der Waals surface area contributed by atoms with Gasteiger partial charge in [0.05, 0.1) is 22.9 Å². The van der Waals surface area contributed by atoms with Crippen LogP contribution in [0.15, 0.2) is 53.4 Å². The van der Waals surface area contributed by atoms with Crippen LogP contribution in [0.1, 0.15) is 11.1 Å². The summed E-state index contributed by atoms with van der Waals surface area (Å²) >= 11 is 0. The number of rotatable bonds is 5. The molecular weight excluding hydrogens is 370 g/mol. The molecule has 0 saturated carbocycles. The third-order valence-corrected chi connectivity index (χ3v) is 6.46. The molecule has 4 rings (SSSR count). The number of hydrogen-bond acceptors (Lipinski definition) is 5. The highest BCUT2D eigenvalue weighted by molar-refractivity contribution is 7.85. The second kappa shape index (κ2) is 8.29. The molecule has 2 heterocycles. The second-order valence-corrected chi connectivity index (χ2v) is 8.59. The fourth-order valence-electron chi connectivity index (χ4n) is 3.56. The number of nitrogens with zero attached hydrogens (tertiary/aromatic N) is 2. The summed E-state index contributed by atoms with van der Waals surface area (Å²) in [5.74, 6) is 1.52. The molecular formula is C22H25N3O2S. The van der Waals surface area contributed by atoms with Crippen LogP contribution in [0.3, 0.4) is 0 Å². The van der Waals surface area contributed by atoms with Crippen molar-refractivity contribution >= 4 is 33.2 Å². The van der Waals surface area contributed by atoms with Crippen LogP contribution < -0.4 is 10.2 Å². The van der Waals surface area contributed by atoms with Crippen molar-refractivity contribution in [3.63, 3.8) is 0 Å². The number of methoxy groups -OCH3 is 1. The van der Waals surface area contributed by atoms with Gasteiger partial charge in [-0.25, -0.2) is 4.98 Å². The van der Waals surface area contributed by atoms with Gasteiger partial charge < -0.3 is 15.0 Å². The first-order valence-corrected chi connectivity index (χ1v) is 10.8. The van der Waals surface area contributed by atoms with Gasteiger partial charge in [-0.3, -0.25) is 4.21 Å². The lowest BCUT2D eigenvalue weighted by molar-refractivity contribution is 0.211. The van der Waals surface area contributed by atoms with E-state index in [0.717, 1.165) is 39.4 Å². The van der Waals surface area contributed by atoms with Crippen LogP contribution in [0.25, 0.3) is 10.9 Å². The molecule has 1 unspecified atom stereocenters. The zero-order valence-electron chi connectivity index (χ0n) is 16.3. The number of fused-ring (bicyclic) bond motifs is 2. The van der Waals surface area contributed by atoms with Crippen LogP contribution in [0.4, 0.5) is 11.5 Å². The largest absolute Gasteiger partial charge is 0.383 e. The molecule has 2 aromatic carbocycles. The van der Waals surface area contributed by atoms with Gasteiger partial charge in [-0.15, -0.1) is 0 Å². The Morgan fingerprint density at radius 3 is 2.93 bits per heavy atom. The predicted molar refractivity (Wildman–Crippen MR) is 116 cm³/mol. The van der Waals surface area contributed by atoms with E-state index in [1.165, 1.54) is 5.56 Å². The zero-order chi connectivity index (χ0) is 19.5. The summed E-state index contributed by atoms with van der Waals surface area (Å²) in [4.78, 5) is 8.10. The minimum Gasteiger partial charge on any atom is -0.383 e. The molecule has 0 bridgehead atoms. The van der Waals surface area contributed by atoms with Gasteiger partial charge in [0.25, 0.3) is 0 Å². The standard InChI is InChI=1S/C22H25N3O2S/c1-16-7-8-19-18(13-16)20(23-9-11-27-2)14-22(24-19)25-10-12-28(26)21-6-4-3-5-17(21)15-25/h3-8,13-14H,9-12,15H2,1-2H3,(H,23,24). The smallest absolute Gasteiger partial charge is 0.131 e. The van der Waals surface area contributed by atoms with Gasteiger partial charge in [-0.05, 0) is 30.7 Å². The fraction of sp³-hybridized carbons (Fsp3) is 0.318. The van der Waals surface area contributed by atoms with Gasteiger partial charge >= 0.3 is 0 Å². The van der Waals surface area contributed by atoms with E-state index in [9.17, 15) is 4.21 Å². The Morgan fingerprint density at radius 2 is 2.07 bits per heavy atom. The second-order valence-electron chi connectivity index (χ2n) is 7.05. The molecule has 1 atom stereocenters. The third kappa shape index (κ3) is 3.88. The number of hydrogen-bond donors (Lipinski definition) is 1. The summed E-state index contributed by atoms with van der Waals surface area (Å²) in [6.07, 6.45) is 0. The van der Waals surface area contributed by atoms with E-state index in [-0.39, 0.29) is 0 Å². The Kier molecular flexibility index (Phi) is 5.59. The van der Waals surface area contributed by atoms with Crippen molar-refractivity contribution in [1.82, 2.24) is 4.98 Å². The summed E-state index contributed by atoms with van der Waals surface area (Å²) in [6.45, 7) is 4.89. The maximum atomic E-state index is 12.6. The highest BCUT2D eigenvalue weighted by Crippen LogP contribution is 2.30. The van der Waals surface area contributed by atoms with E-state index < -0.39 is 10.8 Å². The molecule has 28 heavy (non-hydrogen) atoms. The molecule has 0 spiro atoms. The first-order valence-electron chi connectivity index (χ1n) is 9.51. The predicted octanol–water partition coefficient (Wildman–Crippen LogP) is 3.73. The van der Waals surface area contributed by atoms with Crippen molar-refractivity contribution in [2.45, 2.75) is 18.4 Å². The molecule has 3 aromatic rings. The third-order valence-electron chi connectivity index (χ3n) is 5.02. The average Bonchev–Trinajstić information content (AvgIpc) is 2.87. The minimum absolute atomic E-state index is 0.608. The molecule has 6 heteroatoms. The number of pyridine rings is 1. The van der Waals surface area contributed by atoms with Gasteiger partial charge in [0.15, 0.2) is 0 Å². The molecule has 1 aliphatic heterocycles.